The Morgan fingerprint density at radius 3 is 2.44 bits per heavy atom. The Balaban J connectivity index is 2.31. The molecule has 2 unspecified atom stereocenters. The summed E-state index contributed by atoms with van der Waals surface area (Å²) in [5, 5.41) is 0. The van der Waals surface area contributed by atoms with Gasteiger partial charge in [0.15, 0.2) is 0 Å². The highest BCUT2D eigenvalue weighted by Crippen LogP contribution is 2.29. The van der Waals surface area contributed by atoms with Crippen LogP contribution in [0, 0.1) is 0 Å². The average Bonchev–Trinajstić information content (AvgIpc) is 2.36. The smallest absolute Gasteiger partial charge is 0.0986 e. The average molecular weight is 246 g/mol. The maximum atomic E-state index is 6.10. The lowest BCUT2D eigenvalue weighted by molar-refractivity contribution is -0.0246. The molecule has 0 bridgehead atoms. The highest BCUT2D eigenvalue weighted by molar-refractivity contribution is 5.20. The van der Waals surface area contributed by atoms with Crippen LogP contribution in [0.4, 0.5) is 0 Å². The summed E-state index contributed by atoms with van der Waals surface area (Å²) >= 11 is 0. The zero-order valence-corrected chi connectivity index (χ0v) is 11.3. The summed E-state index contributed by atoms with van der Waals surface area (Å²) < 4.78 is 0. The van der Waals surface area contributed by atoms with E-state index >= 15 is 0 Å². The Morgan fingerprint density at radius 2 is 1.83 bits per heavy atom. The van der Waals surface area contributed by atoms with Gasteiger partial charge in [0, 0.05) is 13.5 Å². The van der Waals surface area contributed by atoms with E-state index in [4.69, 9.17) is 11.5 Å². The van der Waals surface area contributed by atoms with Crippen molar-refractivity contribution in [3.8, 4) is 0 Å². The Morgan fingerprint density at radius 1 is 1.22 bits per heavy atom. The molecule has 1 heterocycles. The van der Waals surface area contributed by atoms with Crippen LogP contribution in [0.3, 0.4) is 0 Å². The van der Waals surface area contributed by atoms with Crippen LogP contribution < -0.4 is 11.5 Å². The number of likely N-dealkylation sites (N-methyl/N-ethyl adjacent to an activating group) is 2. The monoisotopic (exact) mass is 246 g/mol. The second-order valence-corrected chi connectivity index (χ2v) is 5.13. The Hall–Kier alpha value is -1.52. The van der Waals surface area contributed by atoms with Crippen LogP contribution in [-0.4, -0.2) is 35.7 Å². The molecular formula is C14H22N4. The van der Waals surface area contributed by atoms with E-state index in [-0.39, 0.29) is 11.8 Å². The van der Waals surface area contributed by atoms with Gasteiger partial charge in [-0.15, -0.1) is 0 Å². The summed E-state index contributed by atoms with van der Waals surface area (Å²) in [6.07, 6.45) is 2.62. The summed E-state index contributed by atoms with van der Waals surface area (Å²) in [6.45, 7) is 2.17. The molecule has 1 aliphatic rings. The molecule has 98 valence electrons. The first-order valence-corrected chi connectivity index (χ1v) is 6.19. The summed E-state index contributed by atoms with van der Waals surface area (Å²) in [6, 6.07) is 10.4. The van der Waals surface area contributed by atoms with Gasteiger partial charge in [-0.05, 0) is 25.6 Å². The van der Waals surface area contributed by atoms with Crippen molar-refractivity contribution in [1.82, 2.24) is 9.80 Å². The molecule has 4 nitrogen and oxygen atoms in total. The van der Waals surface area contributed by atoms with Gasteiger partial charge < -0.3 is 16.4 Å². The van der Waals surface area contributed by atoms with Crippen molar-refractivity contribution < 1.29 is 0 Å². The van der Waals surface area contributed by atoms with Gasteiger partial charge in [-0.3, -0.25) is 4.90 Å². The van der Waals surface area contributed by atoms with Gasteiger partial charge in [0.1, 0.15) is 0 Å². The molecule has 1 aromatic carbocycles. The maximum Gasteiger partial charge on any atom is 0.0986 e. The van der Waals surface area contributed by atoms with Gasteiger partial charge in [0.05, 0.1) is 17.6 Å². The molecule has 0 spiro atoms. The topological polar surface area (TPSA) is 58.5 Å². The van der Waals surface area contributed by atoms with Gasteiger partial charge in [0.2, 0.25) is 0 Å². The fourth-order valence-corrected chi connectivity index (χ4v) is 2.46. The molecule has 2 rings (SSSR count). The highest BCUT2D eigenvalue weighted by atomic mass is 15.4. The maximum absolute atomic E-state index is 6.10. The normalized spacial score (nSPS) is 29.2. The fraction of sp³-hybridized carbons (Fsp3) is 0.429. The molecule has 4 N–H and O–H groups in total. The Bertz CT molecular complexity index is 442. The summed E-state index contributed by atoms with van der Waals surface area (Å²) in [5.74, 6) is 0.735. The summed E-state index contributed by atoms with van der Waals surface area (Å²) in [4.78, 5) is 4.24. The molecule has 1 aliphatic heterocycles. The number of nitrogens with zero attached hydrogens (tertiary/aromatic N) is 2. The SMILES string of the molecule is CN1C(N)=CC(N)N(C)C1(C)Cc1ccccc1. The molecule has 0 aliphatic carbocycles. The molecule has 18 heavy (non-hydrogen) atoms. The van der Waals surface area contributed by atoms with Crippen molar-refractivity contribution in [3.63, 3.8) is 0 Å². The number of hydrogen-bond acceptors (Lipinski definition) is 4. The largest absolute Gasteiger partial charge is 0.386 e. The second-order valence-electron chi connectivity index (χ2n) is 5.13. The Labute approximate surface area is 109 Å². The lowest BCUT2D eigenvalue weighted by atomic mass is 9.96. The van der Waals surface area contributed by atoms with Gasteiger partial charge >= 0.3 is 0 Å². The molecule has 0 aromatic heterocycles. The molecule has 4 heteroatoms. The second kappa shape index (κ2) is 4.63. The molecule has 0 fully saturated rings. The number of nitrogens with two attached hydrogens (primary N) is 2. The van der Waals surface area contributed by atoms with Crippen molar-refractivity contribution in [2.24, 2.45) is 11.5 Å². The lowest BCUT2D eigenvalue weighted by Crippen LogP contribution is -2.65. The van der Waals surface area contributed by atoms with Crippen molar-refractivity contribution >= 4 is 0 Å². The predicted molar refractivity (Wildman–Crippen MR) is 74.3 cm³/mol. The Kier molecular flexibility index (Phi) is 3.32. The number of hydrogen-bond donors (Lipinski definition) is 2. The summed E-state index contributed by atoms with van der Waals surface area (Å²) in [7, 11) is 4.05. The van der Waals surface area contributed by atoms with Crippen molar-refractivity contribution in [1.29, 1.82) is 0 Å². The van der Waals surface area contributed by atoms with Crippen molar-refractivity contribution in [2.45, 2.75) is 25.2 Å². The van der Waals surface area contributed by atoms with E-state index in [2.05, 4.69) is 41.0 Å². The van der Waals surface area contributed by atoms with E-state index in [1.807, 2.05) is 26.2 Å². The van der Waals surface area contributed by atoms with E-state index in [1.54, 1.807) is 0 Å². The van der Waals surface area contributed by atoms with Gasteiger partial charge in [-0.25, -0.2) is 0 Å². The van der Waals surface area contributed by atoms with E-state index in [0.717, 1.165) is 12.2 Å². The molecule has 0 saturated heterocycles. The third kappa shape index (κ3) is 2.09. The minimum absolute atomic E-state index is 0.144. The summed E-state index contributed by atoms with van der Waals surface area (Å²) in [5.41, 5.74) is 13.2. The quantitative estimate of drug-likeness (QED) is 0.814. The minimum Gasteiger partial charge on any atom is -0.386 e. The third-order valence-electron chi connectivity index (χ3n) is 4.04. The molecular weight excluding hydrogens is 224 g/mol. The van der Waals surface area contributed by atoms with E-state index in [1.165, 1.54) is 5.56 Å². The van der Waals surface area contributed by atoms with Gasteiger partial charge in [0.25, 0.3) is 0 Å². The lowest BCUT2D eigenvalue weighted by Gasteiger charge is -2.51. The molecule has 1 aromatic rings. The molecule has 2 atom stereocenters. The standard InChI is InChI=1S/C14H22N4/c1-14(10-11-7-5-4-6-8-11)17(2)12(15)9-13(16)18(14)3/h4-9,12H,10,15-16H2,1-3H3. The molecule has 0 amide bonds. The van der Waals surface area contributed by atoms with Crippen LogP contribution in [0.25, 0.3) is 0 Å². The van der Waals surface area contributed by atoms with Crippen LogP contribution >= 0.6 is 0 Å². The van der Waals surface area contributed by atoms with Crippen LogP contribution in [0.2, 0.25) is 0 Å². The fourth-order valence-electron chi connectivity index (χ4n) is 2.46. The van der Waals surface area contributed by atoms with Crippen molar-refractivity contribution in [3.05, 3.63) is 47.8 Å². The van der Waals surface area contributed by atoms with E-state index in [9.17, 15) is 0 Å². The van der Waals surface area contributed by atoms with E-state index in [0.29, 0.717) is 0 Å². The van der Waals surface area contributed by atoms with Gasteiger partial charge in [-0.1, -0.05) is 30.3 Å². The van der Waals surface area contributed by atoms with E-state index < -0.39 is 0 Å². The first-order chi connectivity index (χ1) is 8.45. The van der Waals surface area contributed by atoms with Gasteiger partial charge in [-0.2, -0.15) is 0 Å². The van der Waals surface area contributed by atoms with Crippen LogP contribution in [0.5, 0.6) is 0 Å². The minimum atomic E-state index is -0.209. The predicted octanol–water partition coefficient (Wildman–Crippen LogP) is 0.907. The zero-order chi connectivity index (χ0) is 13.3. The zero-order valence-electron chi connectivity index (χ0n) is 11.3. The molecule has 0 saturated carbocycles. The number of rotatable bonds is 2. The van der Waals surface area contributed by atoms with Crippen LogP contribution in [0.15, 0.2) is 42.2 Å². The van der Waals surface area contributed by atoms with Crippen LogP contribution in [0.1, 0.15) is 12.5 Å². The number of benzene rings is 1. The first-order valence-electron chi connectivity index (χ1n) is 6.19. The van der Waals surface area contributed by atoms with Crippen molar-refractivity contribution in [2.75, 3.05) is 14.1 Å². The van der Waals surface area contributed by atoms with Crippen LogP contribution in [-0.2, 0) is 6.42 Å². The third-order valence-corrected chi connectivity index (χ3v) is 4.04. The molecule has 0 radical (unpaired) electrons. The first kappa shape index (κ1) is 12.9. The highest BCUT2D eigenvalue weighted by Gasteiger charge is 2.39.